The van der Waals surface area contributed by atoms with E-state index in [1.807, 2.05) is 32.2 Å². The van der Waals surface area contributed by atoms with Gasteiger partial charge in [-0.25, -0.2) is 4.98 Å². The quantitative estimate of drug-likeness (QED) is 0.939. The highest BCUT2D eigenvalue weighted by Gasteiger charge is 2.07. The number of hydrogen-bond donors (Lipinski definition) is 1. The molecule has 3 nitrogen and oxygen atoms in total. The summed E-state index contributed by atoms with van der Waals surface area (Å²) in [6.07, 6.45) is 1.72. The molecule has 0 bridgehead atoms. The topological polar surface area (TPSA) is 36.4 Å². The number of aryl methyl sites for hydroxylation is 1. The first-order valence-corrected chi connectivity index (χ1v) is 6.91. The van der Waals surface area contributed by atoms with Gasteiger partial charge in [-0.15, -0.1) is 0 Å². The van der Waals surface area contributed by atoms with Gasteiger partial charge in [-0.05, 0) is 41.8 Å². The molecule has 0 saturated heterocycles. The van der Waals surface area contributed by atoms with Crippen molar-refractivity contribution in [3.8, 4) is 0 Å². The smallest absolute Gasteiger partial charge is 0.131 e. The number of aromatic nitrogens is 1. The highest BCUT2D eigenvalue weighted by atomic mass is 79.9. The number of benzene rings is 1. The van der Waals surface area contributed by atoms with Crippen molar-refractivity contribution in [3.05, 3.63) is 57.7 Å². The van der Waals surface area contributed by atoms with E-state index in [1.165, 1.54) is 5.56 Å². The van der Waals surface area contributed by atoms with Crippen molar-refractivity contribution >= 4 is 21.7 Å². The van der Waals surface area contributed by atoms with Gasteiger partial charge in [-0.3, -0.25) is 0 Å². The van der Waals surface area contributed by atoms with Crippen LogP contribution in [0.15, 0.2) is 41.0 Å². The van der Waals surface area contributed by atoms with Crippen molar-refractivity contribution in [2.45, 2.75) is 20.1 Å². The lowest BCUT2D eigenvalue weighted by Gasteiger charge is -2.20. The van der Waals surface area contributed by atoms with Crippen LogP contribution in [0.1, 0.15) is 16.7 Å². The molecule has 0 fully saturated rings. The van der Waals surface area contributed by atoms with E-state index in [0.717, 1.165) is 28.0 Å². The van der Waals surface area contributed by atoms with E-state index in [4.69, 9.17) is 5.11 Å². The first-order valence-electron chi connectivity index (χ1n) is 6.12. The normalized spacial score (nSPS) is 10.5. The molecular weight excluding hydrogens is 304 g/mol. The van der Waals surface area contributed by atoms with E-state index >= 15 is 0 Å². The monoisotopic (exact) mass is 320 g/mol. The number of hydrogen-bond acceptors (Lipinski definition) is 3. The molecule has 0 aliphatic rings. The Labute approximate surface area is 122 Å². The Morgan fingerprint density at radius 2 is 1.89 bits per heavy atom. The summed E-state index contributed by atoms with van der Waals surface area (Å²) in [4.78, 5) is 6.53. The van der Waals surface area contributed by atoms with E-state index in [9.17, 15) is 0 Å². The van der Waals surface area contributed by atoms with E-state index in [1.54, 1.807) is 6.20 Å². The lowest BCUT2D eigenvalue weighted by Crippen LogP contribution is -2.18. The van der Waals surface area contributed by atoms with E-state index < -0.39 is 0 Å². The zero-order valence-electron chi connectivity index (χ0n) is 11.1. The molecule has 0 aliphatic heterocycles. The van der Waals surface area contributed by atoms with Crippen LogP contribution in [-0.4, -0.2) is 17.1 Å². The minimum Gasteiger partial charge on any atom is -0.392 e. The zero-order valence-corrected chi connectivity index (χ0v) is 12.7. The SMILES string of the molecule is Cc1cc(CO)cnc1N(C)Cc1ccc(Br)cc1. The maximum absolute atomic E-state index is 9.09. The molecule has 1 aromatic carbocycles. The van der Waals surface area contributed by atoms with Crippen LogP contribution in [0.2, 0.25) is 0 Å². The van der Waals surface area contributed by atoms with Crippen LogP contribution < -0.4 is 4.90 Å². The number of nitrogens with zero attached hydrogens (tertiary/aromatic N) is 2. The van der Waals surface area contributed by atoms with Gasteiger partial charge in [0.15, 0.2) is 0 Å². The summed E-state index contributed by atoms with van der Waals surface area (Å²) < 4.78 is 1.08. The highest BCUT2D eigenvalue weighted by molar-refractivity contribution is 9.10. The standard InChI is InChI=1S/C15H17BrN2O/c1-11-7-13(10-19)8-17-15(11)18(2)9-12-3-5-14(16)6-4-12/h3-8,19H,9-10H2,1-2H3. The fraction of sp³-hybridized carbons (Fsp3) is 0.267. The summed E-state index contributed by atoms with van der Waals surface area (Å²) in [5, 5.41) is 9.09. The lowest BCUT2D eigenvalue weighted by atomic mass is 10.2. The van der Waals surface area contributed by atoms with Gasteiger partial charge in [0.2, 0.25) is 0 Å². The van der Waals surface area contributed by atoms with Gasteiger partial charge in [-0.1, -0.05) is 28.1 Å². The maximum atomic E-state index is 9.09. The molecule has 19 heavy (non-hydrogen) atoms. The van der Waals surface area contributed by atoms with Crippen molar-refractivity contribution in [1.82, 2.24) is 4.98 Å². The molecule has 0 aliphatic carbocycles. The number of anilines is 1. The van der Waals surface area contributed by atoms with Gasteiger partial charge in [0.1, 0.15) is 5.82 Å². The average molecular weight is 321 g/mol. The van der Waals surface area contributed by atoms with Crippen LogP contribution >= 0.6 is 15.9 Å². The fourth-order valence-corrected chi connectivity index (χ4v) is 2.31. The lowest BCUT2D eigenvalue weighted by molar-refractivity contribution is 0.281. The molecule has 2 rings (SSSR count). The molecule has 100 valence electrons. The minimum atomic E-state index is 0.0323. The summed E-state index contributed by atoms with van der Waals surface area (Å²) in [7, 11) is 2.02. The second kappa shape index (κ2) is 6.17. The molecule has 0 unspecified atom stereocenters. The number of halogens is 1. The summed E-state index contributed by atoms with van der Waals surface area (Å²) >= 11 is 3.43. The number of aliphatic hydroxyl groups is 1. The fourth-order valence-electron chi connectivity index (χ4n) is 2.05. The first kappa shape index (κ1) is 14.0. The van der Waals surface area contributed by atoms with Gasteiger partial charge < -0.3 is 10.0 Å². The predicted molar refractivity (Wildman–Crippen MR) is 81.1 cm³/mol. The molecule has 0 amide bonds. The molecule has 4 heteroatoms. The maximum Gasteiger partial charge on any atom is 0.131 e. The third-order valence-electron chi connectivity index (χ3n) is 2.98. The van der Waals surface area contributed by atoms with Crippen molar-refractivity contribution in [2.24, 2.45) is 0 Å². The van der Waals surface area contributed by atoms with Gasteiger partial charge >= 0.3 is 0 Å². The van der Waals surface area contributed by atoms with E-state index in [0.29, 0.717) is 0 Å². The van der Waals surface area contributed by atoms with Crippen molar-refractivity contribution < 1.29 is 5.11 Å². The number of pyridine rings is 1. The molecule has 0 saturated carbocycles. The number of rotatable bonds is 4. The third kappa shape index (κ3) is 3.55. The molecule has 2 aromatic rings. The van der Waals surface area contributed by atoms with Crippen LogP contribution in [0.4, 0.5) is 5.82 Å². The van der Waals surface area contributed by atoms with E-state index in [2.05, 4.69) is 37.9 Å². The molecule has 1 heterocycles. The van der Waals surface area contributed by atoms with Gasteiger partial charge in [0.25, 0.3) is 0 Å². The van der Waals surface area contributed by atoms with Gasteiger partial charge in [0, 0.05) is 24.3 Å². The zero-order chi connectivity index (χ0) is 13.8. The summed E-state index contributed by atoms with van der Waals surface area (Å²) in [5.74, 6) is 0.945. The summed E-state index contributed by atoms with van der Waals surface area (Å²) in [6, 6.07) is 10.2. The van der Waals surface area contributed by atoms with Crippen molar-refractivity contribution in [1.29, 1.82) is 0 Å². The van der Waals surface area contributed by atoms with Crippen LogP contribution in [-0.2, 0) is 13.2 Å². The Hall–Kier alpha value is -1.39. The third-order valence-corrected chi connectivity index (χ3v) is 3.51. The molecule has 0 atom stereocenters. The Morgan fingerprint density at radius 3 is 2.47 bits per heavy atom. The molecule has 1 aromatic heterocycles. The van der Waals surface area contributed by atoms with Crippen molar-refractivity contribution in [3.63, 3.8) is 0 Å². The Bertz CT molecular complexity index is 555. The number of aliphatic hydroxyl groups excluding tert-OH is 1. The highest BCUT2D eigenvalue weighted by Crippen LogP contribution is 2.19. The summed E-state index contributed by atoms with van der Waals surface area (Å²) in [6.45, 7) is 2.85. The second-order valence-electron chi connectivity index (χ2n) is 4.62. The Balaban J connectivity index is 2.15. The molecule has 1 N–H and O–H groups in total. The van der Waals surface area contributed by atoms with Crippen LogP contribution in [0.3, 0.4) is 0 Å². The molecule has 0 spiro atoms. The second-order valence-corrected chi connectivity index (χ2v) is 5.54. The van der Waals surface area contributed by atoms with Crippen molar-refractivity contribution in [2.75, 3.05) is 11.9 Å². The van der Waals surface area contributed by atoms with Gasteiger partial charge in [0.05, 0.1) is 6.61 Å². The van der Waals surface area contributed by atoms with Crippen LogP contribution in [0.25, 0.3) is 0 Å². The van der Waals surface area contributed by atoms with Crippen LogP contribution in [0.5, 0.6) is 0 Å². The minimum absolute atomic E-state index is 0.0323. The average Bonchev–Trinajstić information content (AvgIpc) is 2.41. The predicted octanol–water partition coefficient (Wildman–Crippen LogP) is 3.28. The molecule has 0 radical (unpaired) electrons. The summed E-state index contributed by atoms with van der Waals surface area (Å²) in [5.41, 5.74) is 3.16. The first-order chi connectivity index (χ1) is 9.10. The van der Waals surface area contributed by atoms with E-state index in [-0.39, 0.29) is 6.61 Å². The largest absolute Gasteiger partial charge is 0.392 e. The van der Waals surface area contributed by atoms with Crippen LogP contribution in [0, 0.1) is 6.92 Å². The Kier molecular flexibility index (Phi) is 4.56. The Morgan fingerprint density at radius 1 is 1.21 bits per heavy atom. The van der Waals surface area contributed by atoms with Gasteiger partial charge in [-0.2, -0.15) is 0 Å². The molecular formula is C15H17BrN2O.